The molecular weight excluding hydrogens is 460 g/mol. The molecule has 1 atom stereocenters. The second kappa shape index (κ2) is 10.4. The summed E-state index contributed by atoms with van der Waals surface area (Å²) in [6, 6.07) is 16.2. The van der Waals surface area contributed by atoms with Crippen LogP contribution in [0.25, 0.3) is 0 Å². The maximum absolute atomic E-state index is 13.7. The van der Waals surface area contributed by atoms with Crippen molar-refractivity contribution in [3.05, 3.63) is 92.6 Å². The largest absolute Gasteiger partial charge is 0.503 e. The normalized spacial score (nSPS) is 15.9. The summed E-state index contributed by atoms with van der Waals surface area (Å²) >= 11 is 1.27. The van der Waals surface area contributed by atoms with Gasteiger partial charge in [0.25, 0.3) is 5.91 Å². The zero-order valence-electron chi connectivity index (χ0n) is 20.4. The number of ketones is 1. The van der Waals surface area contributed by atoms with E-state index in [0.717, 1.165) is 17.0 Å². The minimum Gasteiger partial charge on any atom is -0.503 e. The number of aromatic nitrogens is 1. The van der Waals surface area contributed by atoms with Crippen LogP contribution in [-0.2, 0) is 11.3 Å². The summed E-state index contributed by atoms with van der Waals surface area (Å²) in [7, 11) is 0. The van der Waals surface area contributed by atoms with E-state index in [-0.39, 0.29) is 17.9 Å². The van der Waals surface area contributed by atoms with Crippen molar-refractivity contribution in [2.45, 2.75) is 46.7 Å². The van der Waals surface area contributed by atoms with E-state index in [4.69, 9.17) is 4.74 Å². The third-order valence-electron chi connectivity index (χ3n) is 5.99. The number of amides is 1. The zero-order valence-corrected chi connectivity index (χ0v) is 21.3. The summed E-state index contributed by atoms with van der Waals surface area (Å²) in [5, 5.41) is 11.7. The van der Waals surface area contributed by atoms with Gasteiger partial charge in [-0.3, -0.25) is 9.59 Å². The molecule has 0 saturated carbocycles. The van der Waals surface area contributed by atoms with Crippen LogP contribution in [0.4, 0.5) is 0 Å². The number of hydrogen-bond acceptors (Lipinski definition) is 6. The van der Waals surface area contributed by atoms with Gasteiger partial charge in [-0.05, 0) is 49.4 Å². The Bertz CT molecular complexity index is 1260. The van der Waals surface area contributed by atoms with Crippen molar-refractivity contribution in [2.75, 3.05) is 6.61 Å². The van der Waals surface area contributed by atoms with Gasteiger partial charge in [0.2, 0.25) is 5.78 Å². The van der Waals surface area contributed by atoms with Crippen LogP contribution in [0.1, 0.15) is 57.8 Å². The molecular formula is C28H30N2O4S. The van der Waals surface area contributed by atoms with Crippen molar-refractivity contribution in [1.82, 2.24) is 9.88 Å². The van der Waals surface area contributed by atoms with Crippen molar-refractivity contribution in [2.24, 2.45) is 5.92 Å². The van der Waals surface area contributed by atoms with E-state index in [0.29, 0.717) is 34.4 Å². The molecule has 3 aromatic rings. The summed E-state index contributed by atoms with van der Waals surface area (Å²) in [5.41, 5.74) is 2.29. The molecule has 0 aliphatic carbocycles. The molecule has 4 rings (SSSR count). The number of Topliss-reactive ketones (excluding diaryl/α,β-unsaturated/α-hetero) is 1. The van der Waals surface area contributed by atoms with Gasteiger partial charge >= 0.3 is 0 Å². The Balaban J connectivity index is 1.75. The first kappa shape index (κ1) is 24.7. The van der Waals surface area contributed by atoms with Crippen LogP contribution in [0, 0.1) is 19.8 Å². The minimum atomic E-state index is -0.745. The summed E-state index contributed by atoms with van der Waals surface area (Å²) in [6.07, 6.45) is 0.917. The van der Waals surface area contributed by atoms with Gasteiger partial charge in [-0.2, -0.15) is 0 Å². The van der Waals surface area contributed by atoms with Gasteiger partial charge in [0.1, 0.15) is 5.75 Å². The predicted molar refractivity (Wildman–Crippen MR) is 137 cm³/mol. The summed E-state index contributed by atoms with van der Waals surface area (Å²) in [5.74, 6) is -0.258. The van der Waals surface area contributed by atoms with Crippen molar-refractivity contribution < 1.29 is 19.4 Å². The van der Waals surface area contributed by atoms with Crippen LogP contribution < -0.4 is 4.74 Å². The van der Waals surface area contributed by atoms with E-state index < -0.39 is 17.7 Å². The molecule has 35 heavy (non-hydrogen) atoms. The average molecular weight is 491 g/mol. The first-order valence-electron chi connectivity index (χ1n) is 11.8. The van der Waals surface area contributed by atoms with Crippen LogP contribution in [0.5, 0.6) is 5.75 Å². The predicted octanol–water partition coefficient (Wildman–Crippen LogP) is 5.96. The molecule has 0 spiro atoms. The Morgan fingerprint density at radius 2 is 1.89 bits per heavy atom. The lowest BCUT2D eigenvalue weighted by Crippen LogP contribution is -2.30. The lowest BCUT2D eigenvalue weighted by atomic mass is 9.94. The molecule has 1 N–H and O–H groups in total. The van der Waals surface area contributed by atoms with Crippen molar-refractivity contribution in [3.8, 4) is 5.75 Å². The second-order valence-corrected chi connectivity index (χ2v) is 10.4. The van der Waals surface area contributed by atoms with Gasteiger partial charge in [0.05, 0.1) is 33.8 Å². The summed E-state index contributed by atoms with van der Waals surface area (Å²) in [6.45, 7) is 8.71. The standard InChI is InChI=1S/C28H30N2O4S/c1-17(2)13-14-34-22-12-8-11-21(15-22)24-23(25(31)27-18(3)29-19(4)35-27)26(32)28(33)30(24)16-20-9-6-5-7-10-20/h5-12,15,17,24,32H,13-14,16H2,1-4H3. The number of thiazole rings is 1. The van der Waals surface area contributed by atoms with E-state index in [1.54, 1.807) is 11.8 Å². The molecule has 0 fully saturated rings. The number of carbonyl (C=O) groups excluding carboxylic acids is 2. The highest BCUT2D eigenvalue weighted by Crippen LogP contribution is 2.41. The number of hydrogen-bond donors (Lipinski definition) is 1. The number of aryl methyl sites for hydroxylation is 2. The van der Waals surface area contributed by atoms with Crippen LogP contribution in [0.2, 0.25) is 0 Å². The number of rotatable bonds is 9. The maximum atomic E-state index is 13.7. The van der Waals surface area contributed by atoms with E-state index in [1.807, 2.05) is 61.5 Å². The van der Waals surface area contributed by atoms with E-state index in [9.17, 15) is 14.7 Å². The van der Waals surface area contributed by atoms with E-state index in [2.05, 4.69) is 18.8 Å². The number of benzene rings is 2. The topological polar surface area (TPSA) is 79.7 Å². The Hall–Kier alpha value is -3.45. The van der Waals surface area contributed by atoms with Crippen LogP contribution in [-0.4, -0.2) is 33.3 Å². The first-order chi connectivity index (χ1) is 16.8. The van der Waals surface area contributed by atoms with Crippen molar-refractivity contribution in [1.29, 1.82) is 0 Å². The van der Waals surface area contributed by atoms with Gasteiger partial charge in [0, 0.05) is 6.54 Å². The van der Waals surface area contributed by atoms with Crippen LogP contribution in [0.15, 0.2) is 65.9 Å². The molecule has 1 aliphatic heterocycles. The lowest BCUT2D eigenvalue weighted by molar-refractivity contribution is -0.130. The maximum Gasteiger partial charge on any atom is 0.290 e. The Kier molecular flexibility index (Phi) is 7.36. The minimum absolute atomic E-state index is 0.0806. The third kappa shape index (κ3) is 5.30. The van der Waals surface area contributed by atoms with Gasteiger partial charge < -0.3 is 14.7 Å². The van der Waals surface area contributed by atoms with Crippen LogP contribution >= 0.6 is 11.3 Å². The lowest BCUT2D eigenvalue weighted by Gasteiger charge is -2.27. The molecule has 1 amide bonds. The Labute approximate surface area is 209 Å². The summed E-state index contributed by atoms with van der Waals surface area (Å²) in [4.78, 5) is 33.3. The molecule has 1 unspecified atom stereocenters. The number of aliphatic hydroxyl groups excluding tert-OH is 1. The molecule has 0 bridgehead atoms. The van der Waals surface area contributed by atoms with Gasteiger partial charge in [-0.1, -0.05) is 56.3 Å². The molecule has 1 aliphatic rings. The highest BCUT2D eigenvalue weighted by molar-refractivity contribution is 7.14. The van der Waals surface area contributed by atoms with Gasteiger partial charge in [-0.15, -0.1) is 11.3 Å². The quantitative estimate of drug-likeness (QED) is 0.374. The Morgan fingerprint density at radius 3 is 2.54 bits per heavy atom. The third-order valence-corrected chi connectivity index (χ3v) is 7.06. The number of carbonyl (C=O) groups is 2. The van der Waals surface area contributed by atoms with E-state index in [1.165, 1.54) is 11.3 Å². The van der Waals surface area contributed by atoms with Crippen molar-refractivity contribution >= 4 is 23.0 Å². The monoisotopic (exact) mass is 490 g/mol. The number of aliphatic hydroxyl groups is 1. The molecule has 0 radical (unpaired) electrons. The zero-order chi connectivity index (χ0) is 25.1. The highest BCUT2D eigenvalue weighted by Gasteiger charge is 2.44. The fourth-order valence-electron chi connectivity index (χ4n) is 4.23. The number of nitrogens with zero attached hydrogens (tertiary/aromatic N) is 2. The van der Waals surface area contributed by atoms with Crippen molar-refractivity contribution in [3.63, 3.8) is 0 Å². The fraction of sp³-hybridized carbons (Fsp3) is 0.321. The molecule has 7 heteroatoms. The molecule has 0 saturated heterocycles. The second-order valence-electron chi connectivity index (χ2n) is 9.16. The van der Waals surface area contributed by atoms with Gasteiger partial charge in [-0.25, -0.2) is 4.98 Å². The smallest absolute Gasteiger partial charge is 0.290 e. The summed E-state index contributed by atoms with van der Waals surface area (Å²) < 4.78 is 5.95. The molecule has 2 heterocycles. The SMILES string of the molecule is Cc1nc(C)c(C(=O)C2=C(O)C(=O)N(Cc3ccccc3)C2c2cccc(OCCC(C)C)c2)s1. The van der Waals surface area contributed by atoms with Crippen LogP contribution in [0.3, 0.4) is 0 Å². The Morgan fingerprint density at radius 1 is 1.14 bits per heavy atom. The molecule has 182 valence electrons. The average Bonchev–Trinajstić information content (AvgIpc) is 3.29. The molecule has 6 nitrogen and oxygen atoms in total. The molecule has 1 aromatic heterocycles. The van der Waals surface area contributed by atoms with E-state index >= 15 is 0 Å². The molecule has 2 aromatic carbocycles. The first-order valence-corrected chi connectivity index (χ1v) is 12.6. The fourth-order valence-corrected chi connectivity index (χ4v) is 5.10. The number of ether oxygens (including phenoxy) is 1. The van der Waals surface area contributed by atoms with Gasteiger partial charge in [0.15, 0.2) is 5.76 Å². The highest BCUT2D eigenvalue weighted by atomic mass is 32.1.